The van der Waals surface area contributed by atoms with E-state index in [1.54, 1.807) is 21.8 Å². The molecule has 1 amide bonds. The lowest BCUT2D eigenvalue weighted by atomic mass is 10.1. The van der Waals surface area contributed by atoms with Crippen molar-refractivity contribution < 1.29 is 14.3 Å². The quantitative estimate of drug-likeness (QED) is 0.539. The summed E-state index contributed by atoms with van der Waals surface area (Å²) in [6.07, 6.45) is 5.04. The fourth-order valence-corrected chi connectivity index (χ4v) is 3.66. The van der Waals surface area contributed by atoms with E-state index in [1.165, 1.54) is 0 Å². The van der Waals surface area contributed by atoms with E-state index in [0.717, 1.165) is 29.1 Å². The number of aromatic nitrogens is 4. The Hall–Kier alpha value is -3.40. The number of hydrogen-bond acceptors (Lipinski definition) is 8. The fourth-order valence-electron chi connectivity index (χ4n) is 3.66. The molecule has 4 heterocycles. The molecule has 3 aromatic rings. The van der Waals surface area contributed by atoms with Crippen LogP contribution in [-0.4, -0.2) is 95.0 Å². The first-order chi connectivity index (χ1) is 15.9. The molecule has 0 N–H and O–H groups in total. The molecule has 3 aromatic heterocycles. The van der Waals surface area contributed by atoms with E-state index in [4.69, 9.17) is 14.5 Å². The van der Waals surface area contributed by atoms with Gasteiger partial charge in [0.05, 0.1) is 17.9 Å². The van der Waals surface area contributed by atoms with Gasteiger partial charge >= 0.3 is 6.09 Å². The Labute approximate surface area is 193 Å². The Bertz CT molecular complexity index is 1090. The molecular formula is C23H31N7O3. The van der Waals surface area contributed by atoms with E-state index in [2.05, 4.69) is 19.9 Å². The lowest BCUT2D eigenvalue weighted by molar-refractivity contribution is 0.0751. The van der Waals surface area contributed by atoms with E-state index in [-0.39, 0.29) is 12.2 Å². The van der Waals surface area contributed by atoms with Crippen molar-refractivity contribution in [1.82, 2.24) is 29.4 Å². The molecule has 10 nitrogen and oxygen atoms in total. The minimum atomic E-state index is -0.260. The van der Waals surface area contributed by atoms with Crippen LogP contribution < -0.4 is 9.64 Å². The van der Waals surface area contributed by atoms with Gasteiger partial charge in [-0.2, -0.15) is 5.10 Å². The smallest absolute Gasteiger partial charge is 0.410 e. The lowest BCUT2D eigenvalue weighted by Gasteiger charge is -2.35. The van der Waals surface area contributed by atoms with Gasteiger partial charge in [-0.15, -0.1) is 0 Å². The molecule has 10 heteroatoms. The Kier molecular flexibility index (Phi) is 6.93. The molecule has 1 aliphatic rings. The molecule has 0 atom stereocenters. The molecule has 0 saturated carbocycles. The molecule has 0 radical (unpaired) electrons. The summed E-state index contributed by atoms with van der Waals surface area (Å²) in [5.41, 5.74) is 2.46. The third-order valence-electron chi connectivity index (χ3n) is 5.39. The highest BCUT2D eigenvalue weighted by atomic mass is 16.6. The average Bonchev–Trinajstić information content (AvgIpc) is 3.22. The van der Waals surface area contributed by atoms with Crippen molar-refractivity contribution in [2.45, 2.75) is 20.0 Å². The molecule has 1 fully saturated rings. The van der Waals surface area contributed by atoms with Crippen molar-refractivity contribution in [2.24, 2.45) is 0 Å². The number of nitrogens with zero attached hydrogens (tertiary/aromatic N) is 7. The molecule has 0 aromatic carbocycles. The second-order valence-electron chi connectivity index (χ2n) is 8.53. The molecule has 176 valence electrons. The Morgan fingerprint density at radius 3 is 2.67 bits per heavy atom. The van der Waals surface area contributed by atoms with Crippen molar-refractivity contribution in [2.75, 3.05) is 58.3 Å². The van der Waals surface area contributed by atoms with Crippen molar-refractivity contribution in [3.63, 3.8) is 0 Å². The van der Waals surface area contributed by atoms with Crippen LogP contribution in [0.5, 0.6) is 5.88 Å². The second kappa shape index (κ2) is 10.0. The van der Waals surface area contributed by atoms with Gasteiger partial charge in [0.1, 0.15) is 12.4 Å². The molecular weight excluding hydrogens is 422 g/mol. The van der Waals surface area contributed by atoms with Gasteiger partial charge in [-0.05, 0) is 46.1 Å². The van der Waals surface area contributed by atoms with E-state index >= 15 is 0 Å². The summed E-state index contributed by atoms with van der Waals surface area (Å²) in [6, 6.07) is 5.81. The van der Waals surface area contributed by atoms with Crippen LogP contribution in [0.25, 0.3) is 16.8 Å². The minimum Gasteiger partial charge on any atom is -0.476 e. The number of carbonyl (C=O) groups excluding carboxylic acids is 1. The normalized spacial score (nSPS) is 14.4. The van der Waals surface area contributed by atoms with Crippen LogP contribution in [-0.2, 0) is 4.74 Å². The lowest BCUT2D eigenvalue weighted by Crippen LogP contribution is -2.49. The predicted molar refractivity (Wildman–Crippen MR) is 126 cm³/mol. The highest BCUT2D eigenvalue weighted by Gasteiger charge is 2.24. The molecule has 0 unspecified atom stereocenters. The highest BCUT2D eigenvalue weighted by Crippen LogP contribution is 2.31. The molecule has 33 heavy (non-hydrogen) atoms. The molecule has 0 spiro atoms. The van der Waals surface area contributed by atoms with Gasteiger partial charge in [-0.25, -0.2) is 19.3 Å². The van der Waals surface area contributed by atoms with Crippen LogP contribution in [0.3, 0.4) is 0 Å². The first-order valence-electron chi connectivity index (χ1n) is 11.2. The van der Waals surface area contributed by atoms with Gasteiger partial charge in [-0.1, -0.05) is 0 Å². The SMILES string of the molecule is CC(C)OC(=O)N1CCN(c2ccn3ncc(-c4cccnc4OCCN(C)C)c3n2)CC1. The molecule has 1 aliphatic heterocycles. The van der Waals surface area contributed by atoms with Crippen molar-refractivity contribution in [3.8, 4) is 17.0 Å². The summed E-state index contributed by atoms with van der Waals surface area (Å²) in [5.74, 6) is 1.42. The summed E-state index contributed by atoms with van der Waals surface area (Å²) in [7, 11) is 4.01. The number of pyridine rings is 1. The first kappa shape index (κ1) is 22.8. The van der Waals surface area contributed by atoms with Gasteiger partial charge < -0.3 is 24.2 Å². The maximum Gasteiger partial charge on any atom is 0.410 e. The summed E-state index contributed by atoms with van der Waals surface area (Å²) in [6.45, 7) is 7.61. The zero-order valence-electron chi connectivity index (χ0n) is 19.6. The van der Waals surface area contributed by atoms with E-state index < -0.39 is 0 Å². The van der Waals surface area contributed by atoms with Gasteiger partial charge in [0.25, 0.3) is 0 Å². The van der Waals surface area contributed by atoms with Gasteiger partial charge in [-0.3, -0.25) is 0 Å². The zero-order valence-corrected chi connectivity index (χ0v) is 19.6. The third kappa shape index (κ3) is 5.33. The standard InChI is InChI=1S/C23H31N7O3/c1-17(2)33-23(31)29-12-10-28(11-13-29)20-7-9-30-21(26-20)19(16-25-30)18-6-5-8-24-22(18)32-15-14-27(3)4/h5-9,16-17H,10-15H2,1-4H3. The second-order valence-corrected chi connectivity index (χ2v) is 8.53. The van der Waals surface area contributed by atoms with Crippen molar-refractivity contribution in [1.29, 1.82) is 0 Å². The van der Waals surface area contributed by atoms with E-state index in [0.29, 0.717) is 38.7 Å². The number of ether oxygens (including phenoxy) is 2. The maximum absolute atomic E-state index is 12.2. The molecule has 4 rings (SSSR count). The topological polar surface area (TPSA) is 88.3 Å². The molecule has 0 bridgehead atoms. The van der Waals surface area contributed by atoms with Crippen LogP contribution in [0.4, 0.5) is 10.6 Å². The minimum absolute atomic E-state index is 0.121. The van der Waals surface area contributed by atoms with E-state index in [9.17, 15) is 4.79 Å². The Morgan fingerprint density at radius 2 is 1.94 bits per heavy atom. The van der Waals surface area contributed by atoms with Crippen LogP contribution in [0.1, 0.15) is 13.8 Å². The monoisotopic (exact) mass is 453 g/mol. The number of hydrogen-bond donors (Lipinski definition) is 0. The van der Waals surface area contributed by atoms with Gasteiger partial charge in [0.2, 0.25) is 5.88 Å². The van der Waals surface area contributed by atoms with Crippen LogP contribution >= 0.6 is 0 Å². The first-order valence-corrected chi connectivity index (χ1v) is 11.2. The number of piperazine rings is 1. The van der Waals surface area contributed by atoms with Crippen LogP contribution in [0, 0.1) is 0 Å². The summed E-state index contributed by atoms with van der Waals surface area (Å²) >= 11 is 0. The zero-order chi connectivity index (χ0) is 23.4. The number of anilines is 1. The average molecular weight is 454 g/mol. The number of likely N-dealkylation sites (N-methyl/N-ethyl adjacent to an activating group) is 1. The third-order valence-corrected chi connectivity index (χ3v) is 5.39. The largest absolute Gasteiger partial charge is 0.476 e. The number of fused-ring (bicyclic) bond motifs is 1. The maximum atomic E-state index is 12.2. The number of rotatable bonds is 7. The van der Waals surface area contributed by atoms with Gasteiger partial charge in [0.15, 0.2) is 5.65 Å². The van der Waals surface area contributed by atoms with Crippen molar-refractivity contribution in [3.05, 3.63) is 36.8 Å². The number of carbonyl (C=O) groups is 1. The Balaban J connectivity index is 1.53. The summed E-state index contributed by atoms with van der Waals surface area (Å²) in [5, 5.41) is 4.47. The Morgan fingerprint density at radius 1 is 1.15 bits per heavy atom. The number of amides is 1. The predicted octanol–water partition coefficient (Wildman–Crippen LogP) is 2.40. The molecule has 1 saturated heterocycles. The molecule has 0 aliphatic carbocycles. The van der Waals surface area contributed by atoms with Crippen LogP contribution in [0.15, 0.2) is 36.8 Å². The van der Waals surface area contributed by atoms with Crippen molar-refractivity contribution >= 4 is 17.6 Å². The van der Waals surface area contributed by atoms with Crippen LogP contribution in [0.2, 0.25) is 0 Å². The van der Waals surface area contributed by atoms with E-state index in [1.807, 2.05) is 52.3 Å². The van der Waals surface area contributed by atoms with Gasteiger partial charge in [0, 0.05) is 50.7 Å². The summed E-state index contributed by atoms with van der Waals surface area (Å²) < 4.78 is 13.0. The highest BCUT2D eigenvalue weighted by molar-refractivity contribution is 5.80. The summed E-state index contributed by atoms with van der Waals surface area (Å²) in [4.78, 5) is 27.5. The fraction of sp³-hybridized carbons (Fsp3) is 0.478.